The lowest BCUT2D eigenvalue weighted by molar-refractivity contribution is -0.0831. The van der Waals surface area contributed by atoms with Gasteiger partial charge in [0, 0.05) is 17.4 Å². The maximum atomic E-state index is 9.61. The maximum Gasteiger partial charge on any atom is 0.0889 e. The minimum Gasteiger partial charge on any atom is -0.396 e. The van der Waals surface area contributed by atoms with Crippen LogP contribution in [0.1, 0.15) is 27.2 Å². The molecule has 6 heteroatoms. The highest BCUT2D eigenvalue weighted by atomic mass is 16.3. The Labute approximate surface area is 95.5 Å². The molecule has 0 aromatic heterocycles. The Hall–Kier alpha value is -0.810. The summed E-state index contributed by atoms with van der Waals surface area (Å²) in [5.41, 5.74) is 8.28. The molecule has 0 radical (unpaired) electrons. The summed E-state index contributed by atoms with van der Waals surface area (Å²) in [6.45, 7) is 5.67. The number of rotatable bonds is 2. The Kier molecular flexibility index (Phi) is 7.08. The van der Waals surface area contributed by atoms with Gasteiger partial charge in [-0.05, 0) is 17.9 Å². The van der Waals surface area contributed by atoms with Gasteiger partial charge in [0.05, 0.1) is 18.2 Å². The molecule has 0 aromatic rings. The molecule has 3 N–H and O–H groups in total. The summed E-state index contributed by atoms with van der Waals surface area (Å²) in [5, 5.41) is 31.6. The summed E-state index contributed by atoms with van der Waals surface area (Å²) in [5.74, 6) is -0.355. The van der Waals surface area contributed by atoms with Crippen molar-refractivity contribution < 1.29 is 15.3 Å². The fraction of sp³-hybridized carbons (Fsp3) is 1.00. The van der Waals surface area contributed by atoms with E-state index in [1.807, 2.05) is 20.8 Å². The molecule has 0 amide bonds. The maximum absolute atomic E-state index is 9.61. The predicted molar refractivity (Wildman–Crippen MR) is 60.7 cm³/mol. The van der Waals surface area contributed by atoms with Crippen LogP contribution in [-0.2, 0) is 0 Å². The first-order valence-electron chi connectivity index (χ1n) is 5.63. The van der Waals surface area contributed by atoms with Crippen LogP contribution in [0.4, 0.5) is 0 Å². The summed E-state index contributed by atoms with van der Waals surface area (Å²) < 4.78 is 0. The van der Waals surface area contributed by atoms with Gasteiger partial charge in [0.2, 0.25) is 0 Å². The molecule has 0 aromatic carbocycles. The summed E-state index contributed by atoms with van der Waals surface area (Å²) in [4.78, 5) is 2.64. The van der Waals surface area contributed by atoms with E-state index in [9.17, 15) is 10.2 Å². The average Bonchev–Trinajstić information content (AvgIpc) is 2.32. The zero-order valence-electron chi connectivity index (χ0n) is 9.98. The van der Waals surface area contributed by atoms with Crippen LogP contribution in [0, 0.1) is 11.8 Å². The monoisotopic (exact) mass is 231 g/mol. The Morgan fingerprint density at radius 2 is 1.88 bits per heavy atom. The van der Waals surface area contributed by atoms with Crippen LogP contribution in [0.15, 0.2) is 5.11 Å². The largest absolute Gasteiger partial charge is 0.396 e. The molecule has 0 spiro atoms. The van der Waals surface area contributed by atoms with Crippen molar-refractivity contribution in [2.75, 3.05) is 6.61 Å². The second kappa shape index (κ2) is 7.46. The zero-order chi connectivity index (χ0) is 12.7. The molecule has 0 heterocycles. The van der Waals surface area contributed by atoms with E-state index in [0.717, 1.165) is 0 Å². The topological polar surface area (TPSA) is 109 Å². The fourth-order valence-corrected chi connectivity index (χ4v) is 2.00. The Balaban J connectivity index is 0.00000106. The quantitative estimate of drug-likeness (QED) is 0.375. The number of azide groups is 1. The van der Waals surface area contributed by atoms with E-state index in [2.05, 4.69) is 10.0 Å². The van der Waals surface area contributed by atoms with Crippen molar-refractivity contribution in [2.24, 2.45) is 17.0 Å². The molecule has 6 nitrogen and oxygen atoms in total. The molecule has 1 rings (SSSR count). The summed E-state index contributed by atoms with van der Waals surface area (Å²) in [6, 6.07) is -0.599. The number of aliphatic hydroxyl groups is 3. The summed E-state index contributed by atoms with van der Waals surface area (Å²) in [6.07, 6.45) is -1.53. The van der Waals surface area contributed by atoms with E-state index >= 15 is 0 Å². The van der Waals surface area contributed by atoms with Gasteiger partial charge in [-0.25, -0.2) is 0 Å². The van der Waals surface area contributed by atoms with Gasteiger partial charge in [-0.15, -0.1) is 0 Å². The highest BCUT2D eigenvalue weighted by Gasteiger charge is 2.40. The number of aliphatic hydroxyl groups excluding tert-OH is 3. The molecule has 1 fully saturated rings. The lowest BCUT2D eigenvalue weighted by Gasteiger charge is -2.38. The van der Waals surface area contributed by atoms with Crippen LogP contribution >= 0.6 is 0 Å². The van der Waals surface area contributed by atoms with E-state index in [4.69, 9.17) is 10.6 Å². The second-order valence-corrected chi connectivity index (χ2v) is 3.83. The van der Waals surface area contributed by atoms with Gasteiger partial charge in [-0.2, -0.15) is 0 Å². The van der Waals surface area contributed by atoms with Gasteiger partial charge < -0.3 is 15.3 Å². The molecule has 0 bridgehead atoms. The van der Waals surface area contributed by atoms with Gasteiger partial charge in [0.25, 0.3) is 0 Å². The lowest BCUT2D eigenvalue weighted by atomic mass is 9.76. The Bertz CT molecular complexity index is 243. The van der Waals surface area contributed by atoms with E-state index in [1.54, 1.807) is 0 Å². The smallest absolute Gasteiger partial charge is 0.0889 e. The molecular weight excluding hydrogens is 210 g/mol. The molecule has 1 aliphatic carbocycles. The van der Waals surface area contributed by atoms with Gasteiger partial charge in [-0.1, -0.05) is 25.9 Å². The van der Waals surface area contributed by atoms with E-state index in [1.165, 1.54) is 0 Å². The van der Waals surface area contributed by atoms with Crippen molar-refractivity contribution >= 4 is 0 Å². The van der Waals surface area contributed by atoms with Crippen LogP contribution in [0.2, 0.25) is 0 Å². The van der Waals surface area contributed by atoms with Crippen molar-refractivity contribution in [3.05, 3.63) is 10.4 Å². The fourth-order valence-electron chi connectivity index (χ4n) is 2.00. The average molecular weight is 231 g/mol. The Morgan fingerprint density at radius 3 is 2.31 bits per heavy atom. The van der Waals surface area contributed by atoms with Crippen LogP contribution in [0.25, 0.3) is 10.4 Å². The van der Waals surface area contributed by atoms with Crippen LogP contribution in [0.3, 0.4) is 0 Å². The minimum atomic E-state index is -1.08. The first kappa shape index (κ1) is 15.2. The highest BCUT2D eigenvalue weighted by molar-refractivity contribution is 4.94. The van der Waals surface area contributed by atoms with Crippen LogP contribution < -0.4 is 0 Å². The number of hydrogen-bond donors (Lipinski definition) is 3. The molecule has 16 heavy (non-hydrogen) atoms. The van der Waals surface area contributed by atoms with E-state index in [-0.39, 0.29) is 18.4 Å². The zero-order valence-corrected chi connectivity index (χ0v) is 9.98. The third-order valence-corrected chi connectivity index (χ3v) is 2.86. The van der Waals surface area contributed by atoms with E-state index < -0.39 is 18.2 Å². The van der Waals surface area contributed by atoms with Crippen molar-refractivity contribution in [3.63, 3.8) is 0 Å². The first-order valence-corrected chi connectivity index (χ1v) is 5.63. The molecule has 1 aliphatic rings. The van der Waals surface area contributed by atoms with E-state index in [0.29, 0.717) is 6.42 Å². The number of nitrogens with zero attached hydrogens (tertiary/aromatic N) is 3. The third-order valence-electron chi connectivity index (χ3n) is 2.86. The van der Waals surface area contributed by atoms with Crippen molar-refractivity contribution in [1.82, 2.24) is 0 Å². The second-order valence-electron chi connectivity index (χ2n) is 3.83. The summed E-state index contributed by atoms with van der Waals surface area (Å²) >= 11 is 0. The Morgan fingerprint density at radius 1 is 1.31 bits per heavy atom. The predicted octanol–water partition coefficient (Wildman–Crippen LogP) is 1.06. The van der Waals surface area contributed by atoms with Gasteiger partial charge in [0.1, 0.15) is 0 Å². The molecular formula is C10H21N3O3. The van der Waals surface area contributed by atoms with Crippen LogP contribution in [0.5, 0.6) is 0 Å². The first-order chi connectivity index (χ1) is 7.61. The van der Waals surface area contributed by atoms with Crippen molar-refractivity contribution in [2.45, 2.75) is 45.4 Å². The van der Waals surface area contributed by atoms with Gasteiger partial charge >= 0.3 is 0 Å². The molecule has 0 aliphatic heterocycles. The molecule has 1 saturated carbocycles. The van der Waals surface area contributed by atoms with Crippen molar-refractivity contribution in [3.8, 4) is 0 Å². The molecule has 5 atom stereocenters. The normalized spacial score (nSPS) is 38.0. The SMILES string of the molecule is CC.C[C@@H]1C[C@H](CO)C(O)C(O)C1N=[N+]=[N-]. The van der Waals surface area contributed by atoms with Gasteiger partial charge in [-0.3, -0.25) is 0 Å². The molecule has 94 valence electrons. The van der Waals surface area contributed by atoms with Crippen molar-refractivity contribution in [1.29, 1.82) is 0 Å². The standard InChI is InChI=1S/C8H15N3O3.C2H6/c1-4-2-5(3-12)7(13)8(14)6(4)10-11-9;1-2/h4-8,12-14H,2-3H2,1H3;1-2H3/t4-,5-,6?,7?,8?;/m1./s1. The minimum absolute atomic E-state index is 0.0264. The van der Waals surface area contributed by atoms with Crippen LogP contribution in [-0.4, -0.2) is 40.2 Å². The highest BCUT2D eigenvalue weighted by Crippen LogP contribution is 2.31. The van der Waals surface area contributed by atoms with Gasteiger partial charge in [0.15, 0.2) is 0 Å². The molecule has 0 saturated heterocycles. The number of hydrogen-bond acceptors (Lipinski definition) is 4. The molecule has 3 unspecified atom stereocenters. The summed E-state index contributed by atoms with van der Waals surface area (Å²) in [7, 11) is 0. The lowest BCUT2D eigenvalue weighted by Crippen LogP contribution is -2.50. The third kappa shape index (κ3) is 3.35.